The van der Waals surface area contributed by atoms with Crippen LogP contribution in [0.5, 0.6) is 0 Å². The third kappa shape index (κ3) is 5.42. The quantitative estimate of drug-likeness (QED) is 0.608. The summed E-state index contributed by atoms with van der Waals surface area (Å²) in [6, 6.07) is 0.0299. The van der Waals surface area contributed by atoms with E-state index in [1.54, 1.807) is 6.08 Å². The predicted octanol–water partition coefficient (Wildman–Crippen LogP) is 1.09. The van der Waals surface area contributed by atoms with E-state index < -0.39 is 0 Å². The monoisotopic (exact) mass is 185 g/mol. The van der Waals surface area contributed by atoms with Crippen molar-refractivity contribution >= 4 is 5.91 Å². The van der Waals surface area contributed by atoms with Gasteiger partial charge in [-0.2, -0.15) is 0 Å². The average Bonchev–Trinajstić information content (AvgIpc) is 2.13. The van der Waals surface area contributed by atoms with Crippen LogP contribution in [0.15, 0.2) is 12.7 Å². The summed E-state index contributed by atoms with van der Waals surface area (Å²) in [6.07, 6.45) is 2.90. The summed E-state index contributed by atoms with van der Waals surface area (Å²) >= 11 is 0. The summed E-state index contributed by atoms with van der Waals surface area (Å²) in [4.78, 5) is 11.2. The highest BCUT2D eigenvalue weighted by atomic mass is 16.3. The lowest BCUT2D eigenvalue weighted by molar-refractivity contribution is -0.122. The fourth-order valence-electron chi connectivity index (χ4n) is 0.860. The summed E-state index contributed by atoms with van der Waals surface area (Å²) in [6.45, 7) is 7.44. The van der Waals surface area contributed by atoms with Crippen LogP contribution in [-0.4, -0.2) is 23.7 Å². The number of nitrogens with one attached hydrogen (secondary N) is 1. The molecule has 0 heterocycles. The second-order valence-electron chi connectivity index (χ2n) is 3.34. The van der Waals surface area contributed by atoms with E-state index >= 15 is 0 Å². The van der Waals surface area contributed by atoms with Gasteiger partial charge in [-0.25, -0.2) is 0 Å². The smallest absolute Gasteiger partial charge is 0.220 e. The third-order valence-corrected chi connectivity index (χ3v) is 2.11. The molecule has 0 aliphatic rings. The average molecular weight is 185 g/mol. The van der Waals surface area contributed by atoms with Crippen LogP contribution in [0.1, 0.15) is 26.7 Å². The minimum Gasteiger partial charge on any atom is -0.396 e. The second kappa shape index (κ2) is 6.66. The molecule has 0 spiro atoms. The third-order valence-electron chi connectivity index (χ3n) is 2.11. The Labute approximate surface area is 79.8 Å². The summed E-state index contributed by atoms with van der Waals surface area (Å²) < 4.78 is 0. The SMILES string of the molecule is C=CCCC(=O)NC(C)C(C)CO. The second-order valence-corrected chi connectivity index (χ2v) is 3.34. The lowest BCUT2D eigenvalue weighted by Gasteiger charge is -2.18. The molecule has 0 saturated heterocycles. The largest absolute Gasteiger partial charge is 0.396 e. The molecular weight excluding hydrogens is 166 g/mol. The van der Waals surface area contributed by atoms with E-state index in [4.69, 9.17) is 5.11 Å². The molecule has 0 aliphatic heterocycles. The highest BCUT2D eigenvalue weighted by molar-refractivity contribution is 5.76. The zero-order valence-electron chi connectivity index (χ0n) is 8.42. The maximum atomic E-state index is 11.2. The van der Waals surface area contributed by atoms with E-state index in [-0.39, 0.29) is 24.5 Å². The summed E-state index contributed by atoms with van der Waals surface area (Å²) in [7, 11) is 0. The number of rotatable bonds is 6. The van der Waals surface area contributed by atoms with Gasteiger partial charge >= 0.3 is 0 Å². The number of carbonyl (C=O) groups is 1. The lowest BCUT2D eigenvalue weighted by Crippen LogP contribution is -2.38. The molecule has 0 bridgehead atoms. The molecule has 2 atom stereocenters. The molecule has 0 radical (unpaired) electrons. The molecule has 0 aliphatic carbocycles. The standard InChI is InChI=1S/C10H19NO2/c1-4-5-6-10(13)11-9(3)8(2)7-12/h4,8-9,12H,1,5-7H2,2-3H3,(H,11,13). The topological polar surface area (TPSA) is 49.3 Å². The Bertz CT molecular complexity index is 168. The first-order valence-electron chi connectivity index (χ1n) is 4.63. The Balaban J connectivity index is 3.70. The van der Waals surface area contributed by atoms with Gasteiger partial charge in [0.25, 0.3) is 0 Å². The van der Waals surface area contributed by atoms with Crippen LogP contribution in [0.2, 0.25) is 0 Å². The maximum Gasteiger partial charge on any atom is 0.220 e. The Hall–Kier alpha value is -0.830. The molecule has 3 heteroatoms. The van der Waals surface area contributed by atoms with Gasteiger partial charge in [-0.3, -0.25) is 4.79 Å². The van der Waals surface area contributed by atoms with Crippen molar-refractivity contribution in [2.45, 2.75) is 32.7 Å². The van der Waals surface area contributed by atoms with Gasteiger partial charge in [0.15, 0.2) is 0 Å². The molecule has 0 fully saturated rings. The van der Waals surface area contributed by atoms with Crippen LogP contribution in [0.3, 0.4) is 0 Å². The first-order valence-corrected chi connectivity index (χ1v) is 4.63. The van der Waals surface area contributed by atoms with Crippen LogP contribution in [-0.2, 0) is 4.79 Å². The number of amides is 1. The van der Waals surface area contributed by atoms with Crippen molar-refractivity contribution in [2.75, 3.05) is 6.61 Å². The van der Waals surface area contributed by atoms with E-state index in [1.165, 1.54) is 0 Å². The Morgan fingerprint density at radius 3 is 2.69 bits per heavy atom. The molecule has 1 amide bonds. The zero-order chi connectivity index (χ0) is 10.3. The van der Waals surface area contributed by atoms with Crippen LogP contribution in [0.4, 0.5) is 0 Å². The number of allylic oxidation sites excluding steroid dienone is 1. The van der Waals surface area contributed by atoms with Crippen LogP contribution in [0, 0.1) is 5.92 Å². The number of hydrogen-bond donors (Lipinski definition) is 2. The molecule has 0 rings (SSSR count). The van der Waals surface area contributed by atoms with Crippen molar-refractivity contribution in [1.82, 2.24) is 5.32 Å². The molecular formula is C10H19NO2. The van der Waals surface area contributed by atoms with Crippen molar-refractivity contribution in [3.05, 3.63) is 12.7 Å². The zero-order valence-corrected chi connectivity index (χ0v) is 8.42. The van der Waals surface area contributed by atoms with E-state index in [0.717, 1.165) is 0 Å². The number of aliphatic hydroxyl groups is 1. The minimum absolute atomic E-state index is 0.0210. The van der Waals surface area contributed by atoms with Crippen molar-refractivity contribution in [3.8, 4) is 0 Å². The highest BCUT2D eigenvalue weighted by Crippen LogP contribution is 2.01. The molecule has 2 N–H and O–H groups in total. The highest BCUT2D eigenvalue weighted by Gasteiger charge is 2.12. The van der Waals surface area contributed by atoms with Crippen molar-refractivity contribution < 1.29 is 9.90 Å². The van der Waals surface area contributed by atoms with Crippen LogP contribution < -0.4 is 5.32 Å². The van der Waals surface area contributed by atoms with Gasteiger partial charge in [-0.1, -0.05) is 13.0 Å². The summed E-state index contributed by atoms with van der Waals surface area (Å²) in [5.41, 5.74) is 0. The van der Waals surface area contributed by atoms with Crippen molar-refractivity contribution in [3.63, 3.8) is 0 Å². The molecule has 2 unspecified atom stereocenters. The van der Waals surface area contributed by atoms with E-state index in [0.29, 0.717) is 12.8 Å². The van der Waals surface area contributed by atoms with Crippen LogP contribution >= 0.6 is 0 Å². The van der Waals surface area contributed by atoms with Gasteiger partial charge in [0.1, 0.15) is 0 Å². The van der Waals surface area contributed by atoms with E-state index in [9.17, 15) is 4.79 Å². The van der Waals surface area contributed by atoms with Crippen molar-refractivity contribution in [1.29, 1.82) is 0 Å². The first kappa shape index (κ1) is 12.2. The van der Waals surface area contributed by atoms with Gasteiger partial charge in [-0.15, -0.1) is 6.58 Å². The molecule has 13 heavy (non-hydrogen) atoms. The van der Waals surface area contributed by atoms with Gasteiger partial charge in [-0.05, 0) is 19.3 Å². The summed E-state index contributed by atoms with van der Waals surface area (Å²) in [5, 5.41) is 11.6. The van der Waals surface area contributed by atoms with Gasteiger partial charge in [0, 0.05) is 19.1 Å². The molecule has 0 saturated carbocycles. The number of hydrogen-bond acceptors (Lipinski definition) is 2. The predicted molar refractivity (Wildman–Crippen MR) is 53.3 cm³/mol. The summed E-state index contributed by atoms with van der Waals surface area (Å²) in [5.74, 6) is 0.125. The van der Waals surface area contributed by atoms with Crippen molar-refractivity contribution in [2.24, 2.45) is 5.92 Å². The normalized spacial score (nSPS) is 14.7. The van der Waals surface area contributed by atoms with E-state index in [2.05, 4.69) is 11.9 Å². The Morgan fingerprint density at radius 2 is 2.23 bits per heavy atom. The maximum absolute atomic E-state index is 11.2. The van der Waals surface area contributed by atoms with Gasteiger partial charge in [0.2, 0.25) is 5.91 Å². The van der Waals surface area contributed by atoms with E-state index in [1.807, 2.05) is 13.8 Å². The Kier molecular flexibility index (Phi) is 6.24. The minimum atomic E-state index is 0.0210. The fourth-order valence-corrected chi connectivity index (χ4v) is 0.860. The number of aliphatic hydroxyl groups excluding tert-OH is 1. The van der Waals surface area contributed by atoms with Gasteiger partial charge < -0.3 is 10.4 Å². The first-order chi connectivity index (χ1) is 6.11. The van der Waals surface area contributed by atoms with Crippen LogP contribution in [0.25, 0.3) is 0 Å². The molecule has 76 valence electrons. The number of carbonyl (C=O) groups excluding carboxylic acids is 1. The lowest BCUT2D eigenvalue weighted by atomic mass is 10.1. The van der Waals surface area contributed by atoms with Gasteiger partial charge in [0.05, 0.1) is 0 Å². The molecule has 0 aromatic heterocycles. The fraction of sp³-hybridized carbons (Fsp3) is 0.700. The Morgan fingerprint density at radius 1 is 1.62 bits per heavy atom. The molecule has 0 aromatic carbocycles. The molecule has 0 aromatic rings. The molecule has 3 nitrogen and oxygen atoms in total.